The number of aromatic nitrogens is 2. The first-order valence-electron chi connectivity index (χ1n) is 10.5. The average Bonchev–Trinajstić information content (AvgIpc) is 2.68. The number of thiocarbonyl (C=S) groups is 1. The molecule has 8 heteroatoms. The summed E-state index contributed by atoms with van der Waals surface area (Å²) in [6, 6.07) is 2.16. The van der Waals surface area contributed by atoms with Crippen molar-refractivity contribution in [2.24, 2.45) is 11.8 Å². The fourth-order valence-corrected chi connectivity index (χ4v) is 4.38. The summed E-state index contributed by atoms with van der Waals surface area (Å²) in [5.74, 6) is 3.91. The number of hydrogen-bond acceptors (Lipinski definition) is 6. The minimum atomic E-state index is 0.527. The smallest absolute Gasteiger partial charge is 0.232 e. The normalized spacial score (nSPS) is 22.8. The monoisotopic (exact) mass is 406 g/mol. The molecule has 2 N–H and O–H groups in total. The molecule has 2 atom stereocenters. The van der Waals surface area contributed by atoms with Crippen LogP contribution < -0.4 is 20.4 Å². The molecule has 0 radical (unpaired) electrons. The summed E-state index contributed by atoms with van der Waals surface area (Å²) in [6.45, 7) is 10.1. The SMILES string of the molecule is COCCNC(=S)Nc1nc(N2CCCCC2)cc(N2C[C@H](C)C[C@H](C)C2)n1. The molecule has 2 saturated heterocycles. The van der Waals surface area contributed by atoms with Crippen LogP contribution in [0, 0.1) is 11.8 Å². The average molecular weight is 407 g/mol. The van der Waals surface area contributed by atoms with E-state index in [4.69, 9.17) is 26.9 Å². The number of nitrogens with zero attached hydrogens (tertiary/aromatic N) is 4. The number of rotatable bonds is 6. The Morgan fingerprint density at radius 2 is 1.75 bits per heavy atom. The molecule has 0 saturated carbocycles. The van der Waals surface area contributed by atoms with E-state index in [2.05, 4.69) is 40.3 Å². The van der Waals surface area contributed by atoms with Crippen LogP contribution in [0.5, 0.6) is 0 Å². The second-order valence-corrected chi connectivity index (χ2v) is 8.59. The van der Waals surface area contributed by atoms with Crippen LogP contribution in [0.25, 0.3) is 0 Å². The minimum Gasteiger partial charge on any atom is -0.383 e. The van der Waals surface area contributed by atoms with Gasteiger partial charge in [-0.1, -0.05) is 13.8 Å². The van der Waals surface area contributed by atoms with E-state index < -0.39 is 0 Å². The van der Waals surface area contributed by atoms with Gasteiger partial charge in [-0.3, -0.25) is 0 Å². The van der Waals surface area contributed by atoms with Crippen LogP contribution in [-0.4, -0.2) is 61.5 Å². The van der Waals surface area contributed by atoms with Crippen molar-refractivity contribution in [3.63, 3.8) is 0 Å². The molecular weight excluding hydrogens is 372 g/mol. The highest BCUT2D eigenvalue weighted by Gasteiger charge is 2.24. The number of methoxy groups -OCH3 is 1. The maximum atomic E-state index is 5.40. The van der Waals surface area contributed by atoms with Gasteiger partial charge < -0.3 is 25.2 Å². The largest absolute Gasteiger partial charge is 0.383 e. The first kappa shape index (κ1) is 21.0. The van der Waals surface area contributed by atoms with Crippen LogP contribution in [0.3, 0.4) is 0 Å². The van der Waals surface area contributed by atoms with Crippen molar-refractivity contribution in [2.45, 2.75) is 39.5 Å². The Morgan fingerprint density at radius 1 is 1.11 bits per heavy atom. The molecule has 2 fully saturated rings. The van der Waals surface area contributed by atoms with Gasteiger partial charge in [0.05, 0.1) is 6.61 Å². The lowest BCUT2D eigenvalue weighted by molar-refractivity contribution is 0.204. The van der Waals surface area contributed by atoms with Crippen molar-refractivity contribution in [2.75, 3.05) is 61.6 Å². The van der Waals surface area contributed by atoms with E-state index in [0.717, 1.165) is 37.8 Å². The first-order chi connectivity index (χ1) is 13.5. The molecule has 0 aliphatic carbocycles. The third kappa shape index (κ3) is 5.91. The molecule has 2 aliphatic heterocycles. The Labute approximate surface area is 174 Å². The van der Waals surface area contributed by atoms with Gasteiger partial charge in [-0.15, -0.1) is 0 Å². The lowest BCUT2D eigenvalue weighted by Gasteiger charge is -2.36. The van der Waals surface area contributed by atoms with Gasteiger partial charge in [0.25, 0.3) is 0 Å². The molecule has 7 nitrogen and oxygen atoms in total. The summed E-state index contributed by atoms with van der Waals surface area (Å²) in [4.78, 5) is 14.4. The van der Waals surface area contributed by atoms with E-state index in [-0.39, 0.29) is 0 Å². The van der Waals surface area contributed by atoms with Gasteiger partial charge in [0, 0.05) is 45.9 Å². The van der Waals surface area contributed by atoms with Gasteiger partial charge in [0.2, 0.25) is 5.95 Å². The number of hydrogen-bond donors (Lipinski definition) is 2. The van der Waals surface area contributed by atoms with E-state index in [9.17, 15) is 0 Å². The summed E-state index contributed by atoms with van der Waals surface area (Å²) in [5.41, 5.74) is 0. The van der Waals surface area contributed by atoms with Gasteiger partial charge in [0.15, 0.2) is 5.11 Å². The maximum Gasteiger partial charge on any atom is 0.232 e. The zero-order valence-electron chi connectivity index (χ0n) is 17.4. The Kier molecular flexibility index (Phi) is 7.67. The number of anilines is 3. The lowest BCUT2D eigenvalue weighted by atomic mass is 9.92. The molecule has 3 heterocycles. The second kappa shape index (κ2) is 10.2. The second-order valence-electron chi connectivity index (χ2n) is 8.18. The van der Waals surface area contributed by atoms with Gasteiger partial charge >= 0.3 is 0 Å². The summed E-state index contributed by atoms with van der Waals surface area (Å²) in [6.07, 6.45) is 5.01. The van der Waals surface area contributed by atoms with Gasteiger partial charge in [-0.05, 0) is 49.7 Å². The molecule has 156 valence electrons. The molecule has 0 bridgehead atoms. The highest BCUT2D eigenvalue weighted by Crippen LogP contribution is 2.29. The maximum absolute atomic E-state index is 5.40. The van der Waals surface area contributed by atoms with Gasteiger partial charge in [0.1, 0.15) is 11.6 Å². The molecule has 0 unspecified atom stereocenters. The summed E-state index contributed by atoms with van der Waals surface area (Å²) >= 11 is 5.40. The van der Waals surface area contributed by atoms with Gasteiger partial charge in [-0.2, -0.15) is 9.97 Å². The molecule has 3 rings (SSSR count). The topological polar surface area (TPSA) is 65.6 Å². The lowest BCUT2D eigenvalue weighted by Crippen LogP contribution is -2.40. The Hall–Kier alpha value is -1.67. The zero-order valence-corrected chi connectivity index (χ0v) is 18.2. The van der Waals surface area contributed by atoms with E-state index in [1.807, 2.05) is 0 Å². The Morgan fingerprint density at radius 3 is 2.39 bits per heavy atom. The number of piperidine rings is 2. The molecule has 0 spiro atoms. The molecule has 28 heavy (non-hydrogen) atoms. The molecule has 0 amide bonds. The van der Waals surface area contributed by atoms with Crippen molar-refractivity contribution in [3.05, 3.63) is 6.07 Å². The van der Waals surface area contributed by atoms with E-state index in [1.54, 1.807) is 7.11 Å². The van der Waals surface area contributed by atoms with Crippen LogP contribution >= 0.6 is 12.2 Å². The minimum absolute atomic E-state index is 0.527. The van der Waals surface area contributed by atoms with Crippen LogP contribution in [0.2, 0.25) is 0 Å². The van der Waals surface area contributed by atoms with Crippen molar-refractivity contribution >= 4 is 34.9 Å². The van der Waals surface area contributed by atoms with E-state index >= 15 is 0 Å². The van der Waals surface area contributed by atoms with Crippen molar-refractivity contribution in [3.8, 4) is 0 Å². The molecule has 1 aromatic rings. The Bertz CT molecular complexity index is 642. The quantitative estimate of drug-likeness (QED) is 0.552. The zero-order chi connectivity index (χ0) is 19.9. The standard InChI is InChI=1S/C20H34N6OS/c1-15-11-16(2)14-26(13-15)18-12-17(25-8-5-4-6-9-25)22-19(23-18)24-20(28)21-7-10-27-3/h12,15-16H,4-11,13-14H2,1-3H3,(H2,21,22,23,24,28)/t15-,16+. The van der Waals surface area contributed by atoms with Crippen LogP contribution in [0.1, 0.15) is 39.5 Å². The molecule has 2 aliphatic rings. The van der Waals surface area contributed by atoms with Crippen molar-refractivity contribution in [1.29, 1.82) is 0 Å². The van der Waals surface area contributed by atoms with Crippen LogP contribution in [0.4, 0.5) is 17.6 Å². The van der Waals surface area contributed by atoms with E-state index in [0.29, 0.717) is 36.0 Å². The Balaban J connectivity index is 1.80. The number of nitrogens with one attached hydrogen (secondary N) is 2. The predicted molar refractivity (Wildman–Crippen MR) is 119 cm³/mol. The molecule has 1 aromatic heterocycles. The first-order valence-corrected chi connectivity index (χ1v) is 10.9. The predicted octanol–water partition coefficient (Wildman–Crippen LogP) is 2.88. The van der Waals surface area contributed by atoms with Crippen LogP contribution in [-0.2, 0) is 4.74 Å². The van der Waals surface area contributed by atoms with Crippen LogP contribution in [0.15, 0.2) is 6.07 Å². The summed E-state index contributed by atoms with van der Waals surface area (Å²) in [5, 5.41) is 6.83. The molecule has 0 aromatic carbocycles. The van der Waals surface area contributed by atoms with Crippen molar-refractivity contribution in [1.82, 2.24) is 15.3 Å². The fourth-order valence-electron chi connectivity index (χ4n) is 4.19. The summed E-state index contributed by atoms with van der Waals surface area (Å²) in [7, 11) is 1.68. The van der Waals surface area contributed by atoms with Gasteiger partial charge in [-0.25, -0.2) is 0 Å². The van der Waals surface area contributed by atoms with E-state index in [1.165, 1.54) is 25.7 Å². The summed E-state index contributed by atoms with van der Waals surface area (Å²) < 4.78 is 5.06. The third-order valence-electron chi connectivity index (χ3n) is 5.39. The highest BCUT2D eigenvalue weighted by molar-refractivity contribution is 7.80. The third-order valence-corrected chi connectivity index (χ3v) is 5.64. The molecular formula is C20H34N6OS. The number of ether oxygens (including phenoxy) is 1. The highest BCUT2D eigenvalue weighted by atomic mass is 32.1. The fraction of sp³-hybridized carbons (Fsp3) is 0.750. The van der Waals surface area contributed by atoms with Crippen molar-refractivity contribution < 1.29 is 4.74 Å².